The molecule has 130 valence electrons. The van der Waals surface area contributed by atoms with Crippen LogP contribution in [-0.2, 0) is 16.4 Å². The molecule has 0 bridgehead atoms. The molecule has 0 spiro atoms. The molecule has 1 heterocycles. The Kier molecular flexibility index (Phi) is 7.75. The summed E-state index contributed by atoms with van der Waals surface area (Å²) in [4.78, 5) is 4.30. The smallest absolute Gasteiger partial charge is 0.213 e. The van der Waals surface area contributed by atoms with Crippen LogP contribution in [0.4, 0.5) is 5.69 Å². The molecule has 8 heteroatoms. The Balaban J connectivity index is 0.00000264. The highest BCUT2D eigenvalue weighted by molar-refractivity contribution is 14.0. The number of anilines is 1. The highest BCUT2D eigenvalue weighted by Crippen LogP contribution is 2.20. The van der Waals surface area contributed by atoms with Crippen molar-refractivity contribution in [3.8, 4) is 0 Å². The van der Waals surface area contributed by atoms with Crippen LogP contribution in [0.1, 0.15) is 19.4 Å². The van der Waals surface area contributed by atoms with Crippen molar-refractivity contribution in [3.63, 3.8) is 0 Å². The molecule has 6 nitrogen and oxygen atoms in total. The largest absolute Gasteiger partial charge is 0.370 e. The number of nitrogens with two attached hydrogens (primary N) is 1. The highest BCUT2D eigenvalue weighted by atomic mass is 127. The van der Waals surface area contributed by atoms with Crippen LogP contribution >= 0.6 is 24.0 Å². The zero-order chi connectivity index (χ0) is 16.2. The van der Waals surface area contributed by atoms with E-state index in [0.29, 0.717) is 25.6 Å². The SMILES string of the molecule is CCc1cccc(NC(N)=NCC2CN(S(=O)(=O)CC)C2)c1.I. The van der Waals surface area contributed by atoms with Crippen LogP contribution in [-0.4, -0.2) is 44.1 Å². The van der Waals surface area contributed by atoms with Crippen LogP contribution in [0.3, 0.4) is 0 Å². The lowest BCUT2D eigenvalue weighted by molar-refractivity contribution is 0.208. The van der Waals surface area contributed by atoms with E-state index in [1.807, 2.05) is 18.2 Å². The average molecular weight is 452 g/mol. The summed E-state index contributed by atoms with van der Waals surface area (Å²) in [6, 6.07) is 8.03. The van der Waals surface area contributed by atoms with Crippen molar-refractivity contribution >= 4 is 45.6 Å². The Morgan fingerprint density at radius 1 is 1.39 bits per heavy atom. The molecule has 2 rings (SSSR count). The number of halogens is 1. The second-order valence-corrected chi connectivity index (χ2v) is 7.75. The van der Waals surface area contributed by atoms with Crippen molar-refractivity contribution in [3.05, 3.63) is 29.8 Å². The van der Waals surface area contributed by atoms with Gasteiger partial charge in [-0.25, -0.2) is 12.7 Å². The monoisotopic (exact) mass is 452 g/mol. The van der Waals surface area contributed by atoms with Crippen LogP contribution in [0.2, 0.25) is 0 Å². The maximum atomic E-state index is 11.6. The third-order valence-electron chi connectivity index (χ3n) is 3.81. The molecule has 1 aliphatic rings. The molecule has 0 amide bonds. The minimum Gasteiger partial charge on any atom is -0.370 e. The van der Waals surface area contributed by atoms with E-state index in [9.17, 15) is 8.42 Å². The molecule has 0 saturated carbocycles. The summed E-state index contributed by atoms with van der Waals surface area (Å²) in [5, 5.41) is 3.07. The number of aryl methyl sites for hydroxylation is 1. The Hall–Kier alpha value is -0.870. The van der Waals surface area contributed by atoms with Gasteiger partial charge in [0.1, 0.15) is 0 Å². The molecule has 3 N–H and O–H groups in total. The zero-order valence-electron chi connectivity index (χ0n) is 13.5. The fourth-order valence-electron chi connectivity index (χ4n) is 2.33. The average Bonchev–Trinajstić information content (AvgIpc) is 2.45. The van der Waals surface area contributed by atoms with Crippen molar-refractivity contribution in [2.45, 2.75) is 20.3 Å². The fraction of sp³-hybridized carbons (Fsp3) is 0.533. The lowest BCUT2D eigenvalue weighted by Gasteiger charge is -2.37. The van der Waals surface area contributed by atoms with Crippen molar-refractivity contribution < 1.29 is 8.42 Å². The number of hydrogen-bond acceptors (Lipinski definition) is 3. The van der Waals surface area contributed by atoms with E-state index in [1.165, 1.54) is 9.87 Å². The maximum Gasteiger partial charge on any atom is 0.213 e. The number of sulfonamides is 1. The molecular formula is C15H25IN4O2S. The number of rotatable bonds is 6. The van der Waals surface area contributed by atoms with Gasteiger partial charge in [-0.1, -0.05) is 19.1 Å². The maximum absolute atomic E-state index is 11.6. The number of benzene rings is 1. The highest BCUT2D eigenvalue weighted by Gasteiger charge is 2.34. The molecule has 1 saturated heterocycles. The van der Waals surface area contributed by atoms with Crippen LogP contribution in [0.5, 0.6) is 0 Å². The third-order valence-corrected chi connectivity index (χ3v) is 5.62. The van der Waals surface area contributed by atoms with Gasteiger partial charge in [0, 0.05) is 31.2 Å². The lowest BCUT2D eigenvalue weighted by Crippen LogP contribution is -2.51. The number of nitrogens with one attached hydrogen (secondary N) is 1. The minimum atomic E-state index is -3.05. The first-order valence-corrected chi connectivity index (χ1v) is 9.19. The number of nitrogens with zero attached hydrogens (tertiary/aromatic N) is 2. The second-order valence-electron chi connectivity index (χ2n) is 5.49. The van der Waals surface area contributed by atoms with Gasteiger partial charge in [0.25, 0.3) is 0 Å². The third kappa shape index (κ3) is 5.61. The van der Waals surface area contributed by atoms with E-state index in [2.05, 4.69) is 23.3 Å². The van der Waals surface area contributed by atoms with E-state index in [1.54, 1.807) is 6.92 Å². The predicted molar refractivity (Wildman–Crippen MR) is 106 cm³/mol. The van der Waals surface area contributed by atoms with Gasteiger partial charge in [0.05, 0.1) is 5.75 Å². The van der Waals surface area contributed by atoms with Crippen molar-refractivity contribution in [1.82, 2.24) is 4.31 Å². The van der Waals surface area contributed by atoms with Gasteiger partial charge in [-0.3, -0.25) is 4.99 Å². The van der Waals surface area contributed by atoms with E-state index >= 15 is 0 Å². The molecule has 1 aromatic carbocycles. The molecular weight excluding hydrogens is 427 g/mol. The van der Waals surface area contributed by atoms with Gasteiger partial charge in [-0.2, -0.15) is 0 Å². The minimum absolute atomic E-state index is 0. The summed E-state index contributed by atoms with van der Waals surface area (Å²) in [5.41, 5.74) is 8.03. The molecule has 0 aliphatic carbocycles. The van der Waals surface area contributed by atoms with Crippen molar-refractivity contribution in [2.24, 2.45) is 16.6 Å². The fourth-order valence-corrected chi connectivity index (χ4v) is 3.57. The Bertz CT molecular complexity index is 643. The molecule has 23 heavy (non-hydrogen) atoms. The number of aliphatic imine (C=N–C) groups is 1. The van der Waals surface area contributed by atoms with Crippen molar-refractivity contribution in [2.75, 3.05) is 30.7 Å². The molecule has 0 unspecified atom stereocenters. The summed E-state index contributed by atoms with van der Waals surface area (Å²) < 4.78 is 24.7. The lowest BCUT2D eigenvalue weighted by atomic mass is 10.0. The molecule has 0 atom stereocenters. The van der Waals surface area contributed by atoms with E-state index in [0.717, 1.165) is 12.1 Å². The van der Waals surface area contributed by atoms with Crippen LogP contribution < -0.4 is 11.1 Å². The van der Waals surface area contributed by atoms with Gasteiger partial charge in [0.15, 0.2) is 5.96 Å². The Labute approximate surface area is 155 Å². The van der Waals surface area contributed by atoms with Crippen molar-refractivity contribution in [1.29, 1.82) is 0 Å². The summed E-state index contributed by atoms with van der Waals surface area (Å²) >= 11 is 0. The summed E-state index contributed by atoms with van der Waals surface area (Å²) in [7, 11) is -3.05. The zero-order valence-corrected chi connectivity index (χ0v) is 16.7. The molecule has 1 aliphatic heterocycles. The van der Waals surface area contributed by atoms with Gasteiger partial charge >= 0.3 is 0 Å². The second kappa shape index (κ2) is 8.84. The predicted octanol–water partition coefficient (Wildman–Crippen LogP) is 1.88. The van der Waals surface area contributed by atoms with E-state index < -0.39 is 10.0 Å². The molecule has 1 fully saturated rings. The van der Waals surface area contributed by atoms with Crippen LogP contribution in [0.25, 0.3) is 0 Å². The normalized spacial score (nSPS) is 16.5. The number of hydrogen-bond donors (Lipinski definition) is 2. The van der Waals surface area contributed by atoms with Crippen LogP contribution in [0, 0.1) is 5.92 Å². The Morgan fingerprint density at radius 3 is 2.70 bits per heavy atom. The Morgan fingerprint density at radius 2 is 2.09 bits per heavy atom. The van der Waals surface area contributed by atoms with Crippen LogP contribution in [0.15, 0.2) is 29.3 Å². The van der Waals surface area contributed by atoms with Gasteiger partial charge in [-0.15, -0.1) is 24.0 Å². The van der Waals surface area contributed by atoms with E-state index in [-0.39, 0.29) is 35.6 Å². The molecule has 0 radical (unpaired) electrons. The topological polar surface area (TPSA) is 87.8 Å². The summed E-state index contributed by atoms with van der Waals surface area (Å²) in [6.07, 6.45) is 0.969. The summed E-state index contributed by atoms with van der Waals surface area (Å²) in [6.45, 7) is 5.38. The summed E-state index contributed by atoms with van der Waals surface area (Å²) in [5.74, 6) is 0.772. The first-order chi connectivity index (χ1) is 10.4. The van der Waals surface area contributed by atoms with Gasteiger partial charge < -0.3 is 11.1 Å². The molecule has 1 aromatic rings. The van der Waals surface area contributed by atoms with E-state index in [4.69, 9.17) is 5.73 Å². The number of guanidine groups is 1. The first kappa shape index (κ1) is 20.2. The first-order valence-electron chi connectivity index (χ1n) is 7.58. The van der Waals surface area contributed by atoms with Gasteiger partial charge in [0.2, 0.25) is 10.0 Å². The quantitative estimate of drug-likeness (QED) is 0.392. The van der Waals surface area contributed by atoms with Gasteiger partial charge in [-0.05, 0) is 31.0 Å². The standard InChI is InChI=1S/C15H24N4O2S.HI/c1-3-12-6-5-7-14(8-12)18-15(16)17-9-13-10-19(11-13)22(20,21)4-2;/h5-8,13H,3-4,9-11H2,1-2H3,(H3,16,17,18);1H. The molecule has 0 aromatic heterocycles.